The Morgan fingerprint density at radius 3 is 2.76 bits per heavy atom. The Hall–Kier alpha value is -1.13. The van der Waals surface area contributed by atoms with Crippen LogP contribution in [0.25, 0.3) is 0 Å². The minimum absolute atomic E-state index is 0.491. The normalized spacial score (nSPS) is 23.5. The van der Waals surface area contributed by atoms with Gasteiger partial charge in [-0.05, 0) is 24.8 Å². The highest BCUT2D eigenvalue weighted by molar-refractivity contribution is 5.41. The molecule has 1 aromatic heterocycles. The average Bonchev–Trinajstić information content (AvgIpc) is 3.18. The number of hydrogen-bond acceptors (Lipinski definition) is 4. The molecule has 1 saturated heterocycles. The molecule has 0 bridgehead atoms. The van der Waals surface area contributed by atoms with E-state index in [2.05, 4.69) is 21.3 Å². The molecule has 1 saturated carbocycles. The Bertz CT molecular complexity index is 383. The van der Waals surface area contributed by atoms with Gasteiger partial charge in [-0.2, -0.15) is 0 Å². The number of rotatable bonds is 3. The van der Waals surface area contributed by atoms with Crippen molar-refractivity contribution in [2.45, 2.75) is 18.9 Å². The molecule has 1 atom stereocenters. The van der Waals surface area contributed by atoms with E-state index in [1.807, 2.05) is 6.07 Å². The standard InChI is InChI=1S/C13H20N4/c14-13-11(2-1-5-16-13)12(10-3-4-10)17-8-6-15-7-9-17/h1-2,5,10,12,15H,3-4,6-9H2,(H2,14,16)/t12-/m0/s1. The van der Waals surface area contributed by atoms with E-state index in [1.165, 1.54) is 18.4 Å². The van der Waals surface area contributed by atoms with Gasteiger partial charge in [0.15, 0.2) is 0 Å². The maximum Gasteiger partial charge on any atom is 0.128 e. The Balaban J connectivity index is 1.86. The van der Waals surface area contributed by atoms with Gasteiger partial charge in [0.25, 0.3) is 0 Å². The first kappa shape index (κ1) is 11.0. The minimum atomic E-state index is 0.491. The molecule has 1 aliphatic heterocycles. The summed E-state index contributed by atoms with van der Waals surface area (Å²) < 4.78 is 0. The van der Waals surface area contributed by atoms with Crippen LogP contribution in [0.3, 0.4) is 0 Å². The fourth-order valence-electron chi connectivity index (χ4n) is 2.80. The van der Waals surface area contributed by atoms with Crippen molar-refractivity contribution in [2.24, 2.45) is 5.92 Å². The molecular weight excluding hydrogens is 212 g/mol. The summed E-state index contributed by atoms with van der Waals surface area (Å²) in [5.41, 5.74) is 7.27. The van der Waals surface area contributed by atoms with Gasteiger partial charge >= 0.3 is 0 Å². The predicted octanol–water partition coefficient (Wildman–Crippen LogP) is 1.02. The zero-order chi connectivity index (χ0) is 11.7. The van der Waals surface area contributed by atoms with Gasteiger partial charge in [-0.25, -0.2) is 4.98 Å². The van der Waals surface area contributed by atoms with Crippen molar-refractivity contribution in [3.63, 3.8) is 0 Å². The van der Waals surface area contributed by atoms with Crippen LogP contribution >= 0.6 is 0 Å². The number of nitrogens with one attached hydrogen (secondary N) is 1. The first-order valence-electron chi connectivity index (χ1n) is 6.51. The molecule has 3 rings (SSSR count). The summed E-state index contributed by atoms with van der Waals surface area (Å²) in [5, 5.41) is 3.41. The summed E-state index contributed by atoms with van der Waals surface area (Å²) in [6.45, 7) is 4.41. The minimum Gasteiger partial charge on any atom is -0.383 e. The lowest BCUT2D eigenvalue weighted by Crippen LogP contribution is -2.45. The molecule has 1 aromatic rings. The lowest BCUT2D eigenvalue weighted by atomic mass is 10.0. The molecule has 0 unspecified atom stereocenters. The third-order valence-corrected chi connectivity index (χ3v) is 3.80. The maximum atomic E-state index is 6.04. The zero-order valence-electron chi connectivity index (χ0n) is 10.1. The number of pyridine rings is 1. The maximum absolute atomic E-state index is 6.04. The van der Waals surface area contributed by atoms with E-state index in [0.29, 0.717) is 11.9 Å². The molecular formula is C13H20N4. The highest BCUT2D eigenvalue weighted by atomic mass is 15.2. The summed E-state index contributed by atoms with van der Waals surface area (Å²) >= 11 is 0. The van der Waals surface area contributed by atoms with Gasteiger partial charge in [-0.15, -0.1) is 0 Å². The van der Waals surface area contributed by atoms with Crippen molar-refractivity contribution < 1.29 is 0 Å². The average molecular weight is 232 g/mol. The summed E-state index contributed by atoms with van der Waals surface area (Å²) in [5.74, 6) is 1.50. The van der Waals surface area contributed by atoms with Crippen LogP contribution in [0.4, 0.5) is 5.82 Å². The number of nitrogens with zero attached hydrogens (tertiary/aromatic N) is 2. The van der Waals surface area contributed by atoms with Crippen LogP contribution in [-0.4, -0.2) is 36.1 Å². The highest BCUT2D eigenvalue weighted by Crippen LogP contribution is 2.45. The van der Waals surface area contributed by atoms with Crippen molar-refractivity contribution >= 4 is 5.82 Å². The lowest BCUT2D eigenvalue weighted by molar-refractivity contribution is 0.156. The highest BCUT2D eigenvalue weighted by Gasteiger charge is 2.37. The van der Waals surface area contributed by atoms with Gasteiger partial charge < -0.3 is 11.1 Å². The second kappa shape index (κ2) is 4.63. The summed E-state index contributed by atoms with van der Waals surface area (Å²) in [7, 11) is 0. The molecule has 92 valence electrons. The zero-order valence-corrected chi connectivity index (χ0v) is 10.1. The quantitative estimate of drug-likeness (QED) is 0.817. The molecule has 1 aliphatic carbocycles. The number of hydrogen-bond donors (Lipinski definition) is 2. The van der Waals surface area contributed by atoms with Gasteiger partial charge in [0, 0.05) is 44.0 Å². The van der Waals surface area contributed by atoms with E-state index >= 15 is 0 Å². The number of nitrogen functional groups attached to an aromatic ring is 1. The van der Waals surface area contributed by atoms with Gasteiger partial charge in [-0.3, -0.25) is 4.90 Å². The van der Waals surface area contributed by atoms with Gasteiger partial charge in [-0.1, -0.05) is 6.07 Å². The number of aromatic nitrogens is 1. The SMILES string of the molecule is Nc1ncccc1[C@H](C1CC1)N1CCNCC1. The van der Waals surface area contributed by atoms with Crippen LogP contribution in [0.2, 0.25) is 0 Å². The van der Waals surface area contributed by atoms with Crippen molar-refractivity contribution in [3.05, 3.63) is 23.9 Å². The van der Waals surface area contributed by atoms with Gasteiger partial charge in [0.2, 0.25) is 0 Å². The molecule has 0 aromatic carbocycles. The number of piperazine rings is 1. The van der Waals surface area contributed by atoms with Crippen molar-refractivity contribution in [1.82, 2.24) is 15.2 Å². The Morgan fingerprint density at radius 2 is 2.12 bits per heavy atom. The molecule has 3 N–H and O–H groups in total. The second-order valence-electron chi connectivity index (χ2n) is 5.05. The molecule has 0 spiro atoms. The summed E-state index contributed by atoms with van der Waals surface area (Å²) in [6, 6.07) is 4.64. The third kappa shape index (κ3) is 2.28. The first-order valence-corrected chi connectivity index (χ1v) is 6.51. The molecule has 0 radical (unpaired) electrons. The topological polar surface area (TPSA) is 54.2 Å². The Kier molecular flexibility index (Phi) is 2.99. The van der Waals surface area contributed by atoms with Gasteiger partial charge in [0.05, 0.1) is 0 Å². The predicted molar refractivity (Wildman–Crippen MR) is 68.6 cm³/mol. The molecule has 4 heteroatoms. The van der Waals surface area contributed by atoms with Crippen LogP contribution in [0.15, 0.2) is 18.3 Å². The van der Waals surface area contributed by atoms with Crippen molar-refractivity contribution in [2.75, 3.05) is 31.9 Å². The van der Waals surface area contributed by atoms with Crippen LogP contribution in [-0.2, 0) is 0 Å². The van der Waals surface area contributed by atoms with E-state index in [-0.39, 0.29) is 0 Å². The molecule has 0 amide bonds. The Labute approximate surface area is 102 Å². The summed E-state index contributed by atoms with van der Waals surface area (Å²) in [4.78, 5) is 6.81. The number of anilines is 1. The van der Waals surface area contributed by atoms with Crippen LogP contribution in [0.1, 0.15) is 24.4 Å². The van der Waals surface area contributed by atoms with E-state index in [1.54, 1.807) is 6.20 Å². The summed E-state index contributed by atoms with van der Waals surface area (Å²) in [6.07, 6.45) is 4.45. The van der Waals surface area contributed by atoms with E-state index in [0.717, 1.165) is 32.1 Å². The third-order valence-electron chi connectivity index (χ3n) is 3.80. The first-order chi connectivity index (χ1) is 8.36. The largest absolute Gasteiger partial charge is 0.383 e. The van der Waals surface area contributed by atoms with Crippen LogP contribution in [0.5, 0.6) is 0 Å². The van der Waals surface area contributed by atoms with Crippen LogP contribution < -0.4 is 11.1 Å². The van der Waals surface area contributed by atoms with E-state index in [9.17, 15) is 0 Å². The fourth-order valence-corrected chi connectivity index (χ4v) is 2.80. The molecule has 2 aliphatic rings. The second-order valence-corrected chi connectivity index (χ2v) is 5.05. The smallest absolute Gasteiger partial charge is 0.128 e. The van der Waals surface area contributed by atoms with Crippen molar-refractivity contribution in [3.8, 4) is 0 Å². The molecule has 2 fully saturated rings. The molecule has 4 nitrogen and oxygen atoms in total. The van der Waals surface area contributed by atoms with E-state index < -0.39 is 0 Å². The van der Waals surface area contributed by atoms with Gasteiger partial charge in [0.1, 0.15) is 5.82 Å². The monoisotopic (exact) mass is 232 g/mol. The Morgan fingerprint density at radius 1 is 1.35 bits per heavy atom. The number of nitrogens with two attached hydrogens (primary N) is 1. The van der Waals surface area contributed by atoms with E-state index in [4.69, 9.17) is 5.73 Å². The van der Waals surface area contributed by atoms with Crippen LogP contribution in [0, 0.1) is 5.92 Å². The fraction of sp³-hybridized carbons (Fsp3) is 0.615. The lowest BCUT2D eigenvalue weighted by Gasteiger charge is -2.35. The van der Waals surface area contributed by atoms with Crippen molar-refractivity contribution in [1.29, 1.82) is 0 Å². The molecule has 17 heavy (non-hydrogen) atoms. The molecule has 2 heterocycles.